The molecule has 2 amide bonds. The SMILES string of the molecule is CCNC(=O)c1cc2c3c(c1)nc(NC(=O)c1cc(C)nn1CC)n3C(C)(C=O)CO2. The summed E-state index contributed by atoms with van der Waals surface area (Å²) in [5, 5.41) is 9.87. The first kappa shape index (κ1) is 20.6. The number of carbonyl (C=O) groups is 3. The van der Waals surface area contributed by atoms with Gasteiger partial charge in [0.05, 0.1) is 11.2 Å². The number of anilines is 1. The first-order valence-electron chi connectivity index (χ1n) is 10.1. The van der Waals surface area contributed by atoms with Crippen LogP contribution in [-0.2, 0) is 16.9 Å². The van der Waals surface area contributed by atoms with Crippen molar-refractivity contribution in [1.29, 1.82) is 0 Å². The monoisotopic (exact) mass is 424 g/mol. The summed E-state index contributed by atoms with van der Waals surface area (Å²) in [6.07, 6.45) is 0.769. The van der Waals surface area contributed by atoms with E-state index in [9.17, 15) is 14.4 Å². The molecule has 4 rings (SSSR count). The molecule has 3 aromatic rings. The highest BCUT2D eigenvalue weighted by molar-refractivity contribution is 6.05. The maximum absolute atomic E-state index is 13.0. The van der Waals surface area contributed by atoms with Gasteiger partial charge in [-0.2, -0.15) is 5.10 Å². The van der Waals surface area contributed by atoms with E-state index >= 15 is 0 Å². The van der Waals surface area contributed by atoms with Gasteiger partial charge in [-0.25, -0.2) is 4.98 Å². The third kappa shape index (κ3) is 3.33. The smallest absolute Gasteiger partial charge is 0.276 e. The normalized spacial score (nSPS) is 17.3. The van der Waals surface area contributed by atoms with Gasteiger partial charge in [-0.05, 0) is 45.9 Å². The minimum Gasteiger partial charge on any atom is -0.488 e. The summed E-state index contributed by atoms with van der Waals surface area (Å²) in [6.45, 7) is 8.31. The van der Waals surface area contributed by atoms with Crippen molar-refractivity contribution in [3.8, 4) is 5.75 Å². The number of rotatable bonds is 6. The number of carbonyl (C=O) groups excluding carboxylic acids is 3. The molecule has 0 fully saturated rings. The predicted octanol–water partition coefficient (Wildman–Crippen LogP) is 1.87. The lowest BCUT2D eigenvalue weighted by Crippen LogP contribution is -2.42. The average molecular weight is 424 g/mol. The lowest BCUT2D eigenvalue weighted by Gasteiger charge is -2.32. The first-order valence-corrected chi connectivity index (χ1v) is 10.1. The maximum atomic E-state index is 13.0. The number of hydrogen-bond donors (Lipinski definition) is 2. The zero-order valence-electron chi connectivity index (χ0n) is 17.9. The molecule has 0 radical (unpaired) electrons. The first-order chi connectivity index (χ1) is 14.8. The average Bonchev–Trinajstić information content (AvgIpc) is 3.32. The number of aromatic nitrogens is 4. The molecule has 10 heteroatoms. The second-order valence-corrected chi connectivity index (χ2v) is 7.68. The van der Waals surface area contributed by atoms with Crippen LogP contribution >= 0.6 is 0 Å². The highest BCUT2D eigenvalue weighted by Crippen LogP contribution is 2.39. The van der Waals surface area contributed by atoms with Crippen LogP contribution in [-0.4, -0.2) is 50.6 Å². The van der Waals surface area contributed by atoms with Gasteiger partial charge in [-0.15, -0.1) is 0 Å². The van der Waals surface area contributed by atoms with Crippen LogP contribution in [0.1, 0.15) is 47.3 Å². The van der Waals surface area contributed by atoms with Gasteiger partial charge in [-0.3, -0.25) is 24.2 Å². The molecule has 162 valence electrons. The van der Waals surface area contributed by atoms with Crippen molar-refractivity contribution in [1.82, 2.24) is 24.6 Å². The molecule has 10 nitrogen and oxygen atoms in total. The third-order valence-corrected chi connectivity index (χ3v) is 5.26. The topological polar surface area (TPSA) is 120 Å². The molecule has 3 heterocycles. The van der Waals surface area contributed by atoms with Crippen molar-refractivity contribution >= 4 is 35.1 Å². The Morgan fingerprint density at radius 3 is 2.71 bits per heavy atom. The standard InChI is InChI=1S/C21H24N6O4/c1-5-22-18(29)13-8-14-17-16(9-13)31-11-21(4,10-28)27(17)20(23-14)24-19(30)15-7-12(3)25-26(15)6-2/h7-10H,5-6,11H2,1-4H3,(H,22,29)(H,23,24,30). The predicted molar refractivity (Wildman–Crippen MR) is 114 cm³/mol. The van der Waals surface area contributed by atoms with Crippen LogP contribution in [0.3, 0.4) is 0 Å². The van der Waals surface area contributed by atoms with E-state index in [0.717, 1.165) is 12.0 Å². The van der Waals surface area contributed by atoms with Crippen LogP contribution in [0.25, 0.3) is 11.0 Å². The Labute approximate surface area is 178 Å². The number of benzene rings is 1. The van der Waals surface area contributed by atoms with E-state index in [4.69, 9.17) is 4.74 Å². The fraction of sp³-hybridized carbons (Fsp3) is 0.381. The minimum atomic E-state index is -1.07. The molecule has 0 spiro atoms. The molecule has 1 aliphatic heterocycles. The van der Waals surface area contributed by atoms with Gasteiger partial charge in [0.2, 0.25) is 5.95 Å². The van der Waals surface area contributed by atoms with Gasteiger partial charge in [0, 0.05) is 18.7 Å². The number of ether oxygens (including phenoxy) is 1. The summed E-state index contributed by atoms with van der Waals surface area (Å²) in [4.78, 5) is 41.9. The summed E-state index contributed by atoms with van der Waals surface area (Å²) >= 11 is 0. The number of imidazole rings is 1. The van der Waals surface area contributed by atoms with Gasteiger partial charge < -0.3 is 14.8 Å². The largest absolute Gasteiger partial charge is 0.488 e. The number of amides is 2. The van der Waals surface area contributed by atoms with Crippen LogP contribution in [0, 0.1) is 6.92 Å². The molecule has 0 aliphatic carbocycles. The number of aldehydes is 1. The van der Waals surface area contributed by atoms with Crippen LogP contribution < -0.4 is 15.4 Å². The second kappa shape index (κ2) is 7.53. The molecule has 1 atom stereocenters. The maximum Gasteiger partial charge on any atom is 0.276 e. The van der Waals surface area contributed by atoms with Gasteiger partial charge in [-0.1, -0.05) is 0 Å². The fourth-order valence-corrected chi connectivity index (χ4v) is 3.77. The molecular weight excluding hydrogens is 400 g/mol. The molecule has 1 aliphatic rings. The van der Waals surface area contributed by atoms with Crippen molar-refractivity contribution in [3.63, 3.8) is 0 Å². The van der Waals surface area contributed by atoms with E-state index in [1.54, 1.807) is 34.4 Å². The third-order valence-electron chi connectivity index (χ3n) is 5.26. The Morgan fingerprint density at radius 1 is 1.26 bits per heavy atom. The van der Waals surface area contributed by atoms with Crippen LogP contribution in [0.5, 0.6) is 5.75 Å². The van der Waals surface area contributed by atoms with E-state index in [1.165, 1.54) is 0 Å². The highest BCUT2D eigenvalue weighted by atomic mass is 16.5. The summed E-state index contributed by atoms with van der Waals surface area (Å²) in [7, 11) is 0. The Hall–Kier alpha value is -3.69. The highest BCUT2D eigenvalue weighted by Gasteiger charge is 2.38. The molecule has 2 N–H and O–H groups in total. The molecule has 1 aromatic carbocycles. The molecule has 0 bridgehead atoms. The van der Waals surface area contributed by atoms with E-state index in [2.05, 4.69) is 20.7 Å². The van der Waals surface area contributed by atoms with E-state index < -0.39 is 5.54 Å². The Morgan fingerprint density at radius 2 is 2.03 bits per heavy atom. The quantitative estimate of drug-likeness (QED) is 0.583. The molecule has 0 saturated heterocycles. The summed E-state index contributed by atoms with van der Waals surface area (Å²) in [5.74, 6) is -0.0103. The lowest BCUT2D eigenvalue weighted by molar-refractivity contribution is -0.116. The molecule has 31 heavy (non-hydrogen) atoms. The Bertz CT molecular complexity index is 1210. The van der Waals surface area contributed by atoms with E-state index in [-0.39, 0.29) is 24.4 Å². The van der Waals surface area contributed by atoms with Crippen LogP contribution in [0.2, 0.25) is 0 Å². The molecule has 0 saturated carbocycles. The van der Waals surface area contributed by atoms with Gasteiger partial charge in [0.25, 0.3) is 11.8 Å². The number of aryl methyl sites for hydroxylation is 2. The van der Waals surface area contributed by atoms with E-state index in [0.29, 0.717) is 41.1 Å². The van der Waals surface area contributed by atoms with Crippen molar-refractivity contribution in [2.45, 2.75) is 39.8 Å². The van der Waals surface area contributed by atoms with Gasteiger partial charge in [0.1, 0.15) is 35.4 Å². The van der Waals surface area contributed by atoms with Crippen LogP contribution in [0.4, 0.5) is 5.95 Å². The zero-order chi connectivity index (χ0) is 22.3. The van der Waals surface area contributed by atoms with Crippen LogP contribution in [0.15, 0.2) is 18.2 Å². The van der Waals surface area contributed by atoms with Crippen molar-refractivity contribution in [2.24, 2.45) is 0 Å². The Kier molecular flexibility index (Phi) is 5.00. The summed E-state index contributed by atoms with van der Waals surface area (Å²) in [6, 6.07) is 4.94. The zero-order valence-corrected chi connectivity index (χ0v) is 17.9. The van der Waals surface area contributed by atoms with Crippen molar-refractivity contribution in [2.75, 3.05) is 18.5 Å². The van der Waals surface area contributed by atoms with Crippen molar-refractivity contribution in [3.05, 3.63) is 35.2 Å². The summed E-state index contributed by atoms with van der Waals surface area (Å²) in [5.41, 5.74) is 1.43. The Balaban J connectivity index is 1.84. The lowest BCUT2D eigenvalue weighted by atomic mass is 10.0. The number of nitrogens with one attached hydrogen (secondary N) is 2. The van der Waals surface area contributed by atoms with E-state index in [1.807, 2.05) is 20.8 Å². The number of nitrogens with zero attached hydrogens (tertiary/aromatic N) is 4. The van der Waals surface area contributed by atoms with Gasteiger partial charge >= 0.3 is 0 Å². The fourth-order valence-electron chi connectivity index (χ4n) is 3.77. The molecular formula is C21H24N6O4. The van der Waals surface area contributed by atoms with Crippen molar-refractivity contribution < 1.29 is 19.1 Å². The molecule has 2 aromatic heterocycles. The summed E-state index contributed by atoms with van der Waals surface area (Å²) < 4.78 is 9.08. The number of hydrogen-bond acceptors (Lipinski definition) is 6. The van der Waals surface area contributed by atoms with Gasteiger partial charge in [0.15, 0.2) is 0 Å². The second-order valence-electron chi connectivity index (χ2n) is 7.68. The molecule has 1 unspecified atom stereocenters. The minimum absolute atomic E-state index is 0.0443.